The van der Waals surface area contributed by atoms with Gasteiger partial charge in [0.2, 0.25) is 5.91 Å². The van der Waals surface area contributed by atoms with Crippen molar-refractivity contribution in [1.29, 1.82) is 0 Å². The van der Waals surface area contributed by atoms with Crippen LogP contribution in [-0.4, -0.2) is 52.4 Å². The Labute approximate surface area is 173 Å². The van der Waals surface area contributed by atoms with E-state index in [9.17, 15) is 4.79 Å². The molecule has 0 aliphatic carbocycles. The summed E-state index contributed by atoms with van der Waals surface area (Å²) in [5.74, 6) is 1.58. The highest BCUT2D eigenvalue weighted by Crippen LogP contribution is 2.29. The lowest BCUT2D eigenvalue weighted by Crippen LogP contribution is -2.48. The number of rotatable bonds is 7. The SMILES string of the molecule is CCOc1ccccc1OC1CCN(C(C)C(=O)Nc2c(C)nn(C)c2C)CC1. The molecule has 2 aromatic rings. The fourth-order valence-electron chi connectivity index (χ4n) is 3.73. The van der Waals surface area contributed by atoms with E-state index in [-0.39, 0.29) is 18.1 Å². The van der Waals surface area contributed by atoms with Gasteiger partial charge in [-0.1, -0.05) is 12.1 Å². The van der Waals surface area contributed by atoms with Gasteiger partial charge in [-0.3, -0.25) is 14.4 Å². The number of carbonyl (C=O) groups is 1. The van der Waals surface area contributed by atoms with Crippen LogP contribution in [0.1, 0.15) is 38.1 Å². The fourth-order valence-corrected chi connectivity index (χ4v) is 3.73. The molecule has 1 aromatic carbocycles. The molecule has 1 aliphatic heterocycles. The molecule has 1 atom stereocenters. The predicted molar refractivity (Wildman–Crippen MR) is 114 cm³/mol. The maximum atomic E-state index is 12.8. The van der Waals surface area contributed by atoms with Gasteiger partial charge in [-0.05, 0) is 52.7 Å². The Kier molecular flexibility index (Phi) is 6.79. The van der Waals surface area contributed by atoms with Crippen LogP contribution in [0.2, 0.25) is 0 Å². The minimum absolute atomic E-state index is 0.00487. The minimum atomic E-state index is -0.203. The molecule has 0 radical (unpaired) electrons. The zero-order chi connectivity index (χ0) is 21.0. The van der Waals surface area contributed by atoms with Crippen molar-refractivity contribution in [2.45, 2.75) is 52.7 Å². The normalized spacial score (nSPS) is 16.4. The number of hydrogen-bond donors (Lipinski definition) is 1. The highest BCUT2D eigenvalue weighted by molar-refractivity contribution is 5.95. The lowest BCUT2D eigenvalue weighted by molar-refractivity contribution is -0.121. The third-order valence-corrected chi connectivity index (χ3v) is 5.60. The van der Waals surface area contributed by atoms with Gasteiger partial charge >= 0.3 is 0 Å². The number of nitrogens with one attached hydrogen (secondary N) is 1. The second-order valence-corrected chi connectivity index (χ2v) is 7.57. The first-order valence-corrected chi connectivity index (χ1v) is 10.3. The van der Waals surface area contributed by atoms with Gasteiger partial charge in [-0.25, -0.2) is 0 Å². The van der Waals surface area contributed by atoms with Crippen LogP contribution in [0.15, 0.2) is 24.3 Å². The van der Waals surface area contributed by atoms with E-state index in [4.69, 9.17) is 9.47 Å². The summed E-state index contributed by atoms with van der Waals surface area (Å²) in [5.41, 5.74) is 2.61. The Morgan fingerprint density at radius 2 is 1.90 bits per heavy atom. The van der Waals surface area contributed by atoms with Crippen molar-refractivity contribution in [3.63, 3.8) is 0 Å². The molecule has 1 N–H and O–H groups in total. The van der Waals surface area contributed by atoms with Crippen LogP contribution in [0, 0.1) is 13.8 Å². The largest absolute Gasteiger partial charge is 0.490 e. The molecule has 1 aromatic heterocycles. The Hall–Kier alpha value is -2.54. The number of para-hydroxylation sites is 2. The summed E-state index contributed by atoms with van der Waals surface area (Å²) in [6.45, 7) is 10.1. The average molecular weight is 401 g/mol. The van der Waals surface area contributed by atoms with E-state index in [0.29, 0.717) is 6.61 Å². The first kappa shape index (κ1) is 21.2. The summed E-state index contributed by atoms with van der Waals surface area (Å²) >= 11 is 0. The molecule has 0 spiro atoms. The Morgan fingerprint density at radius 1 is 1.24 bits per heavy atom. The fraction of sp³-hybridized carbons (Fsp3) is 0.545. The molecule has 1 amide bonds. The Balaban J connectivity index is 1.54. The number of benzene rings is 1. The van der Waals surface area contributed by atoms with Crippen molar-refractivity contribution in [3.05, 3.63) is 35.7 Å². The molecule has 1 fully saturated rings. The van der Waals surface area contributed by atoms with Gasteiger partial charge in [0.25, 0.3) is 0 Å². The topological polar surface area (TPSA) is 68.6 Å². The summed E-state index contributed by atoms with van der Waals surface area (Å²) < 4.78 is 13.6. The highest BCUT2D eigenvalue weighted by atomic mass is 16.5. The molecule has 3 rings (SSSR count). The number of aryl methyl sites for hydroxylation is 2. The van der Waals surface area contributed by atoms with Crippen LogP contribution in [0.5, 0.6) is 11.5 Å². The summed E-state index contributed by atoms with van der Waals surface area (Å²) in [7, 11) is 1.88. The second-order valence-electron chi connectivity index (χ2n) is 7.57. The highest BCUT2D eigenvalue weighted by Gasteiger charge is 2.28. The van der Waals surface area contributed by atoms with Crippen LogP contribution >= 0.6 is 0 Å². The summed E-state index contributed by atoms with van der Waals surface area (Å²) in [6, 6.07) is 7.59. The second kappa shape index (κ2) is 9.31. The van der Waals surface area contributed by atoms with Crippen molar-refractivity contribution >= 4 is 11.6 Å². The van der Waals surface area contributed by atoms with Crippen LogP contribution in [0.3, 0.4) is 0 Å². The van der Waals surface area contributed by atoms with Gasteiger partial charge in [-0.2, -0.15) is 5.10 Å². The molecule has 1 saturated heterocycles. The van der Waals surface area contributed by atoms with Crippen molar-refractivity contribution in [2.24, 2.45) is 7.05 Å². The first-order chi connectivity index (χ1) is 13.9. The Bertz CT molecular complexity index is 841. The maximum Gasteiger partial charge on any atom is 0.241 e. The molecule has 7 heteroatoms. The van der Waals surface area contributed by atoms with Crippen molar-refractivity contribution in [2.75, 3.05) is 25.0 Å². The van der Waals surface area contributed by atoms with Gasteiger partial charge in [0.05, 0.1) is 29.7 Å². The van der Waals surface area contributed by atoms with E-state index in [1.54, 1.807) is 4.68 Å². The van der Waals surface area contributed by atoms with Crippen LogP contribution in [0.4, 0.5) is 5.69 Å². The molecule has 0 bridgehead atoms. The van der Waals surface area contributed by atoms with Gasteiger partial charge in [-0.15, -0.1) is 0 Å². The van der Waals surface area contributed by atoms with E-state index in [0.717, 1.165) is 54.5 Å². The van der Waals surface area contributed by atoms with Gasteiger partial charge < -0.3 is 14.8 Å². The number of nitrogens with zero attached hydrogens (tertiary/aromatic N) is 3. The smallest absolute Gasteiger partial charge is 0.241 e. The summed E-state index contributed by atoms with van der Waals surface area (Å²) in [4.78, 5) is 15.0. The van der Waals surface area contributed by atoms with Crippen LogP contribution in [-0.2, 0) is 11.8 Å². The zero-order valence-corrected chi connectivity index (χ0v) is 18.1. The van der Waals surface area contributed by atoms with Crippen molar-refractivity contribution in [1.82, 2.24) is 14.7 Å². The number of piperidine rings is 1. The number of amides is 1. The molecule has 1 aliphatic rings. The number of hydrogen-bond acceptors (Lipinski definition) is 5. The average Bonchev–Trinajstić information content (AvgIpc) is 2.95. The van der Waals surface area contributed by atoms with Gasteiger partial charge in [0, 0.05) is 20.1 Å². The number of carbonyl (C=O) groups excluding carboxylic acids is 1. The van der Waals surface area contributed by atoms with Crippen LogP contribution in [0.25, 0.3) is 0 Å². The van der Waals surface area contributed by atoms with Gasteiger partial charge in [0.15, 0.2) is 11.5 Å². The van der Waals surface area contributed by atoms with Crippen molar-refractivity contribution in [3.8, 4) is 11.5 Å². The Morgan fingerprint density at radius 3 is 2.48 bits per heavy atom. The molecule has 2 heterocycles. The van der Waals surface area contributed by atoms with Gasteiger partial charge in [0.1, 0.15) is 6.10 Å². The third kappa shape index (κ3) is 4.90. The monoisotopic (exact) mass is 400 g/mol. The van der Waals surface area contributed by atoms with Crippen LogP contribution < -0.4 is 14.8 Å². The molecule has 1 unspecified atom stereocenters. The number of likely N-dealkylation sites (tertiary alicyclic amines) is 1. The standard InChI is InChI=1S/C22H32N4O3/c1-6-28-19-9-7-8-10-20(19)29-18-11-13-26(14-12-18)17(4)22(27)23-21-15(2)24-25(5)16(21)3/h7-10,17-18H,6,11-14H2,1-5H3,(H,23,27). The van der Waals surface area contributed by atoms with Crippen molar-refractivity contribution < 1.29 is 14.3 Å². The summed E-state index contributed by atoms with van der Waals surface area (Å²) in [5, 5.41) is 7.42. The first-order valence-electron chi connectivity index (χ1n) is 10.3. The van der Waals surface area contributed by atoms with E-state index in [2.05, 4.69) is 15.3 Å². The van der Waals surface area contributed by atoms with E-state index >= 15 is 0 Å². The minimum Gasteiger partial charge on any atom is -0.490 e. The lowest BCUT2D eigenvalue weighted by atomic mass is 10.1. The number of ether oxygens (including phenoxy) is 2. The molecule has 0 saturated carbocycles. The third-order valence-electron chi connectivity index (χ3n) is 5.60. The molecule has 158 valence electrons. The van der Waals surface area contributed by atoms with E-state index in [1.807, 2.05) is 59.0 Å². The number of aromatic nitrogens is 2. The lowest BCUT2D eigenvalue weighted by Gasteiger charge is -2.35. The molecule has 29 heavy (non-hydrogen) atoms. The molecule has 7 nitrogen and oxygen atoms in total. The predicted octanol–water partition coefficient (Wildman–Crippen LogP) is 3.31. The molecular formula is C22H32N4O3. The van der Waals surface area contributed by atoms with E-state index in [1.165, 1.54) is 0 Å². The quantitative estimate of drug-likeness (QED) is 0.772. The summed E-state index contributed by atoms with van der Waals surface area (Å²) in [6.07, 6.45) is 1.89. The zero-order valence-electron chi connectivity index (χ0n) is 18.1. The molecular weight excluding hydrogens is 368 g/mol. The van der Waals surface area contributed by atoms with E-state index < -0.39 is 0 Å². The maximum absolute atomic E-state index is 12.8. The number of anilines is 1.